The fourth-order valence-electron chi connectivity index (χ4n) is 1.84. The Kier molecular flexibility index (Phi) is 2.69. The second-order valence-corrected chi connectivity index (χ2v) is 4.10. The molecule has 1 aromatic heterocycles. The summed E-state index contributed by atoms with van der Waals surface area (Å²) in [7, 11) is 1.87. The van der Waals surface area contributed by atoms with Crippen LogP contribution in [0.4, 0.5) is 5.82 Å². The molecule has 0 aliphatic carbocycles. The number of nitrogens with one attached hydrogen (secondary N) is 2. The summed E-state index contributed by atoms with van der Waals surface area (Å²) in [6.45, 7) is 6.44. The number of aromatic amines is 1. The highest BCUT2D eigenvalue weighted by atomic mass is 15.2. The maximum Gasteiger partial charge on any atom is 0.148 e. The lowest BCUT2D eigenvalue weighted by Gasteiger charge is -2.09. The lowest BCUT2D eigenvalue weighted by atomic mass is 9.97. The van der Waals surface area contributed by atoms with Gasteiger partial charge in [-0.25, -0.2) is 0 Å². The van der Waals surface area contributed by atoms with Crippen molar-refractivity contribution in [2.24, 2.45) is 0 Å². The van der Waals surface area contributed by atoms with Crippen LogP contribution in [0.25, 0.3) is 11.3 Å². The van der Waals surface area contributed by atoms with Gasteiger partial charge in [-0.15, -0.1) is 0 Å². The van der Waals surface area contributed by atoms with Gasteiger partial charge in [0.2, 0.25) is 0 Å². The number of hydrogen-bond acceptors (Lipinski definition) is 2. The van der Waals surface area contributed by atoms with Gasteiger partial charge in [-0.3, -0.25) is 5.10 Å². The molecular weight excluding hydrogens is 198 g/mol. The van der Waals surface area contributed by atoms with E-state index in [0.717, 1.165) is 11.5 Å². The summed E-state index contributed by atoms with van der Waals surface area (Å²) in [4.78, 5) is 0. The minimum Gasteiger partial charge on any atom is -0.372 e. The van der Waals surface area contributed by atoms with E-state index in [1.54, 1.807) is 0 Å². The summed E-state index contributed by atoms with van der Waals surface area (Å²) in [5.41, 5.74) is 6.26. The van der Waals surface area contributed by atoms with Crippen LogP contribution in [-0.4, -0.2) is 17.2 Å². The van der Waals surface area contributed by atoms with Gasteiger partial charge in [-0.1, -0.05) is 12.1 Å². The number of rotatable bonds is 2. The van der Waals surface area contributed by atoms with Crippen molar-refractivity contribution in [2.75, 3.05) is 12.4 Å². The molecular formula is C13H17N3. The van der Waals surface area contributed by atoms with E-state index in [-0.39, 0.29) is 0 Å². The summed E-state index contributed by atoms with van der Waals surface area (Å²) in [5, 5.41) is 10.2. The van der Waals surface area contributed by atoms with Gasteiger partial charge in [0.25, 0.3) is 0 Å². The van der Waals surface area contributed by atoms with Crippen molar-refractivity contribution in [2.45, 2.75) is 20.8 Å². The molecule has 0 amide bonds. The number of aryl methyl sites for hydroxylation is 1. The van der Waals surface area contributed by atoms with Gasteiger partial charge in [-0.2, -0.15) is 5.10 Å². The topological polar surface area (TPSA) is 40.7 Å². The normalized spacial score (nSPS) is 10.5. The zero-order valence-electron chi connectivity index (χ0n) is 10.2. The third kappa shape index (κ3) is 1.69. The van der Waals surface area contributed by atoms with Gasteiger partial charge in [0, 0.05) is 18.7 Å². The first-order valence-corrected chi connectivity index (χ1v) is 5.44. The van der Waals surface area contributed by atoms with E-state index in [9.17, 15) is 0 Å². The first kappa shape index (κ1) is 10.7. The van der Waals surface area contributed by atoms with Crippen LogP contribution in [0.5, 0.6) is 0 Å². The molecule has 0 saturated carbocycles. The molecule has 84 valence electrons. The molecule has 2 aromatic rings. The van der Waals surface area contributed by atoms with Crippen molar-refractivity contribution in [1.29, 1.82) is 0 Å². The molecule has 0 saturated heterocycles. The Balaban J connectivity index is 2.52. The first-order chi connectivity index (χ1) is 7.63. The molecule has 2 rings (SSSR count). The van der Waals surface area contributed by atoms with Crippen LogP contribution in [0.3, 0.4) is 0 Å². The van der Waals surface area contributed by atoms with Crippen molar-refractivity contribution in [1.82, 2.24) is 10.2 Å². The van der Waals surface area contributed by atoms with Crippen LogP contribution in [0.15, 0.2) is 18.2 Å². The zero-order valence-corrected chi connectivity index (χ0v) is 10.2. The average Bonchev–Trinajstić information content (AvgIpc) is 2.74. The number of nitrogens with zero attached hydrogens (tertiary/aromatic N) is 1. The lowest BCUT2D eigenvalue weighted by molar-refractivity contribution is 1.09. The standard InChI is InChI=1S/C13H17N3/c1-8-5-6-11(10(3)9(8)2)12-7-13(14-4)16-15-12/h5-7H,1-4H3,(H2,14,15,16). The van der Waals surface area contributed by atoms with Crippen molar-refractivity contribution in [3.8, 4) is 11.3 Å². The highest BCUT2D eigenvalue weighted by molar-refractivity contribution is 5.68. The van der Waals surface area contributed by atoms with Gasteiger partial charge >= 0.3 is 0 Å². The third-order valence-electron chi connectivity index (χ3n) is 3.18. The van der Waals surface area contributed by atoms with E-state index in [1.807, 2.05) is 13.1 Å². The Bertz CT molecular complexity index is 512. The molecule has 0 atom stereocenters. The molecule has 0 aliphatic rings. The summed E-state index contributed by atoms with van der Waals surface area (Å²) >= 11 is 0. The van der Waals surface area contributed by atoms with Crippen molar-refractivity contribution >= 4 is 5.82 Å². The second-order valence-electron chi connectivity index (χ2n) is 4.10. The molecule has 1 heterocycles. The fraction of sp³-hybridized carbons (Fsp3) is 0.308. The van der Waals surface area contributed by atoms with Gasteiger partial charge < -0.3 is 5.32 Å². The Morgan fingerprint density at radius 3 is 2.50 bits per heavy atom. The fourth-order valence-corrected chi connectivity index (χ4v) is 1.84. The predicted octanol–water partition coefficient (Wildman–Crippen LogP) is 3.04. The Hall–Kier alpha value is -1.77. The third-order valence-corrected chi connectivity index (χ3v) is 3.18. The molecule has 0 bridgehead atoms. The number of anilines is 1. The molecule has 0 unspecified atom stereocenters. The molecule has 3 heteroatoms. The minimum absolute atomic E-state index is 0.868. The number of aromatic nitrogens is 2. The zero-order chi connectivity index (χ0) is 11.7. The van der Waals surface area contributed by atoms with E-state index < -0.39 is 0 Å². The number of H-pyrrole nitrogens is 1. The quantitative estimate of drug-likeness (QED) is 0.808. The summed E-state index contributed by atoms with van der Waals surface area (Å²) in [6.07, 6.45) is 0. The highest BCUT2D eigenvalue weighted by Crippen LogP contribution is 2.27. The summed E-state index contributed by atoms with van der Waals surface area (Å²) < 4.78 is 0. The van der Waals surface area contributed by atoms with Gasteiger partial charge in [0.15, 0.2) is 0 Å². The van der Waals surface area contributed by atoms with Crippen LogP contribution in [0.2, 0.25) is 0 Å². The van der Waals surface area contributed by atoms with Crippen LogP contribution in [-0.2, 0) is 0 Å². The molecule has 1 aromatic carbocycles. The Morgan fingerprint density at radius 1 is 1.12 bits per heavy atom. The van der Waals surface area contributed by atoms with E-state index in [4.69, 9.17) is 0 Å². The number of hydrogen-bond donors (Lipinski definition) is 2. The van der Waals surface area contributed by atoms with E-state index in [2.05, 4.69) is 48.4 Å². The van der Waals surface area contributed by atoms with Gasteiger partial charge in [0.05, 0.1) is 5.69 Å². The largest absolute Gasteiger partial charge is 0.372 e. The minimum atomic E-state index is 0.868. The molecule has 3 nitrogen and oxygen atoms in total. The predicted molar refractivity (Wildman–Crippen MR) is 67.8 cm³/mol. The SMILES string of the molecule is CNc1cc(-c2ccc(C)c(C)c2C)[nH]n1. The smallest absolute Gasteiger partial charge is 0.148 e. The molecule has 0 aliphatic heterocycles. The lowest BCUT2D eigenvalue weighted by Crippen LogP contribution is -1.90. The van der Waals surface area contributed by atoms with E-state index >= 15 is 0 Å². The van der Waals surface area contributed by atoms with E-state index in [1.165, 1.54) is 22.3 Å². The Labute approximate surface area is 95.9 Å². The van der Waals surface area contributed by atoms with Crippen molar-refractivity contribution < 1.29 is 0 Å². The van der Waals surface area contributed by atoms with Crippen molar-refractivity contribution in [3.05, 3.63) is 34.9 Å². The molecule has 0 spiro atoms. The van der Waals surface area contributed by atoms with Crippen LogP contribution < -0.4 is 5.32 Å². The second kappa shape index (κ2) is 4.00. The first-order valence-electron chi connectivity index (χ1n) is 5.44. The molecule has 0 fully saturated rings. The molecule has 0 radical (unpaired) electrons. The Morgan fingerprint density at radius 2 is 1.88 bits per heavy atom. The molecule has 2 N–H and O–H groups in total. The van der Waals surface area contributed by atoms with Crippen molar-refractivity contribution in [3.63, 3.8) is 0 Å². The monoisotopic (exact) mass is 215 g/mol. The maximum absolute atomic E-state index is 4.17. The van der Waals surface area contributed by atoms with Gasteiger partial charge in [-0.05, 0) is 37.5 Å². The van der Waals surface area contributed by atoms with E-state index in [0.29, 0.717) is 0 Å². The van der Waals surface area contributed by atoms with Crippen LogP contribution >= 0.6 is 0 Å². The van der Waals surface area contributed by atoms with Gasteiger partial charge in [0.1, 0.15) is 5.82 Å². The molecule has 16 heavy (non-hydrogen) atoms. The average molecular weight is 215 g/mol. The van der Waals surface area contributed by atoms with Crippen LogP contribution in [0, 0.1) is 20.8 Å². The highest BCUT2D eigenvalue weighted by Gasteiger charge is 2.08. The number of benzene rings is 1. The van der Waals surface area contributed by atoms with Crippen LogP contribution in [0.1, 0.15) is 16.7 Å². The summed E-state index contributed by atoms with van der Waals surface area (Å²) in [6, 6.07) is 6.32. The maximum atomic E-state index is 4.17. The summed E-state index contributed by atoms with van der Waals surface area (Å²) in [5.74, 6) is 0.868.